The Morgan fingerprint density at radius 3 is 2.78 bits per heavy atom. The Labute approximate surface area is 106 Å². The van der Waals surface area contributed by atoms with E-state index in [9.17, 15) is 4.79 Å². The van der Waals surface area contributed by atoms with E-state index in [0.717, 1.165) is 29.8 Å². The minimum atomic E-state index is -0.897. The number of aryl methyl sites for hydroxylation is 2. The summed E-state index contributed by atoms with van der Waals surface area (Å²) in [5.74, 6) is 0.656. The van der Waals surface area contributed by atoms with Crippen molar-refractivity contribution in [1.82, 2.24) is 9.55 Å². The van der Waals surface area contributed by atoms with Crippen molar-refractivity contribution < 1.29 is 9.90 Å². The van der Waals surface area contributed by atoms with E-state index in [1.54, 1.807) is 18.2 Å². The number of carboxylic acids is 1. The lowest BCUT2D eigenvalue weighted by molar-refractivity contribution is 0.0697. The van der Waals surface area contributed by atoms with Crippen molar-refractivity contribution in [3.8, 4) is 0 Å². The lowest BCUT2D eigenvalue weighted by Crippen LogP contribution is -2.04. The standard InChI is InChI=1S/C14H18N2O2/c1-9(2)6-7-16-10(3)15-12-5-4-11(14(17)18)8-13(12)16/h4-5,8-9H,6-7H2,1-3H3,(H,17,18). The van der Waals surface area contributed by atoms with Crippen LogP contribution >= 0.6 is 0 Å². The molecule has 1 aromatic heterocycles. The summed E-state index contributed by atoms with van der Waals surface area (Å²) >= 11 is 0. The highest BCUT2D eigenvalue weighted by Gasteiger charge is 2.11. The summed E-state index contributed by atoms with van der Waals surface area (Å²) in [7, 11) is 0. The van der Waals surface area contributed by atoms with Gasteiger partial charge in [-0.2, -0.15) is 0 Å². The van der Waals surface area contributed by atoms with Gasteiger partial charge in [0.1, 0.15) is 5.82 Å². The molecule has 0 saturated heterocycles. The fourth-order valence-corrected chi connectivity index (χ4v) is 2.05. The Balaban J connectivity index is 2.46. The molecular weight excluding hydrogens is 228 g/mol. The number of aromatic carboxylic acids is 1. The van der Waals surface area contributed by atoms with Crippen LogP contribution in [0.5, 0.6) is 0 Å². The van der Waals surface area contributed by atoms with Crippen LogP contribution in [0.1, 0.15) is 36.5 Å². The van der Waals surface area contributed by atoms with Crippen LogP contribution in [0.3, 0.4) is 0 Å². The Morgan fingerprint density at radius 2 is 2.17 bits per heavy atom. The molecule has 2 rings (SSSR count). The van der Waals surface area contributed by atoms with Crippen LogP contribution in [-0.4, -0.2) is 20.6 Å². The average Bonchev–Trinajstić information content (AvgIpc) is 2.60. The number of hydrogen-bond donors (Lipinski definition) is 1. The molecule has 0 spiro atoms. The van der Waals surface area contributed by atoms with Gasteiger partial charge >= 0.3 is 5.97 Å². The molecule has 2 aromatic rings. The van der Waals surface area contributed by atoms with Crippen LogP contribution in [0.25, 0.3) is 11.0 Å². The van der Waals surface area contributed by atoms with E-state index in [2.05, 4.69) is 23.4 Å². The van der Waals surface area contributed by atoms with Crippen molar-refractivity contribution in [2.45, 2.75) is 33.7 Å². The second-order valence-electron chi connectivity index (χ2n) is 5.00. The molecule has 0 amide bonds. The third kappa shape index (κ3) is 2.37. The monoisotopic (exact) mass is 246 g/mol. The number of carboxylic acid groups (broad SMARTS) is 1. The average molecular weight is 246 g/mol. The summed E-state index contributed by atoms with van der Waals surface area (Å²) < 4.78 is 2.10. The summed E-state index contributed by atoms with van der Waals surface area (Å²) in [6, 6.07) is 5.08. The van der Waals surface area contributed by atoms with E-state index in [-0.39, 0.29) is 0 Å². The van der Waals surface area contributed by atoms with Gasteiger partial charge in [0.05, 0.1) is 16.6 Å². The van der Waals surface area contributed by atoms with Crippen molar-refractivity contribution in [3.63, 3.8) is 0 Å². The Kier molecular flexibility index (Phi) is 3.36. The van der Waals surface area contributed by atoms with Crippen molar-refractivity contribution >= 4 is 17.0 Å². The SMILES string of the molecule is Cc1nc2ccc(C(=O)O)cc2n1CCC(C)C. The molecule has 0 bridgehead atoms. The minimum absolute atomic E-state index is 0.313. The van der Waals surface area contributed by atoms with E-state index >= 15 is 0 Å². The predicted molar refractivity (Wildman–Crippen MR) is 70.9 cm³/mol. The third-order valence-electron chi connectivity index (χ3n) is 3.12. The van der Waals surface area contributed by atoms with Crippen LogP contribution in [0.4, 0.5) is 0 Å². The topological polar surface area (TPSA) is 55.1 Å². The van der Waals surface area contributed by atoms with Gasteiger partial charge in [-0.3, -0.25) is 0 Å². The first-order valence-corrected chi connectivity index (χ1v) is 6.19. The molecule has 4 heteroatoms. The number of imidazole rings is 1. The number of fused-ring (bicyclic) bond motifs is 1. The second-order valence-corrected chi connectivity index (χ2v) is 5.00. The van der Waals surface area contributed by atoms with Gasteiger partial charge in [-0.1, -0.05) is 13.8 Å². The number of nitrogens with zero attached hydrogens (tertiary/aromatic N) is 2. The number of rotatable bonds is 4. The number of hydrogen-bond acceptors (Lipinski definition) is 2. The maximum atomic E-state index is 11.0. The van der Waals surface area contributed by atoms with Crippen molar-refractivity contribution in [3.05, 3.63) is 29.6 Å². The van der Waals surface area contributed by atoms with E-state index in [0.29, 0.717) is 11.5 Å². The quantitative estimate of drug-likeness (QED) is 0.901. The van der Waals surface area contributed by atoms with Gasteiger partial charge in [0.15, 0.2) is 0 Å². The first-order valence-electron chi connectivity index (χ1n) is 6.19. The molecule has 0 fully saturated rings. The smallest absolute Gasteiger partial charge is 0.335 e. The largest absolute Gasteiger partial charge is 0.478 e. The molecule has 0 aliphatic heterocycles. The highest BCUT2D eigenvalue weighted by atomic mass is 16.4. The zero-order chi connectivity index (χ0) is 13.3. The molecule has 1 heterocycles. The maximum absolute atomic E-state index is 11.0. The Hall–Kier alpha value is -1.84. The van der Waals surface area contributed by atoms with E-state index < -0.39 is 5.97 Å². The fourth-order valence-electron chi connectivity index (χ4n) is 2.05. The van der Waals surface area contributed by atoms with E-state index in [4.69, 9.17) is 5.11 Å². The molecule has 0 atom stereocenters. The number of aromatic nitrogens is 2. The normalized spacial score (nSPS) is 11.3. The third-order valence-corrected chi connectivity index (χ3v) is 3.12. The molecule has 18 heavy (non-hydrogen) atoms. The zero-order valence-corrected chi connectivity index (χ0v) is 11.0. The lowest BCUT2D eigenvalue weighted by Gasteiger charge is -2.09. The van der Waals surface area contributed by atoms with Crippen LogP contribution in [0.15, 0.2) is 18.2 Å². The summed E-state index contributed by atoms with van der Waals surface area (Å²) in [5, 5.41) is 9.03. The lowest BCUT2D eigenvalue weighted by atomic mass is 10.1. The van der Waals surface area contributed by atoms with Crippen LogP contribution in [0, 0.1) is 12.8 Å². The zero-order valence-electron chi connectivity index (χ0n) is 11.0. The molecule has 1 aromatic carbocycles. The van der Waals surface area contributed by atoms with Crippen LogP contribution in [-0.2, 0) is 6.54 Å². The van der Waals surface area contributed by atoms with Crippen LogP contribution < -0.4 is 0 Å². The molecule has 0 unspecified atom stereocenters. The Bertz CT molecular complexity index is 585. The fraction of sp³-hybridized carbons (Fsp3) is 0.429. The summed E-state index contributed by atoms with van der Waals surface area (Å²) in [6.07, 6.45) is 1.06. The highest BCUT2D eigenvalue weighted by molar-refractivity contribution is 5.92. The van der Waals surface area contributed by atoms with Gasteiger partial charge in [0.25, 0.3) is 0 Å². The predicted octanol–water partition coefficient (Wildman–Crippen LogP) is 3.09. The molecule has 0 radical (unpaired) electrons. The first-order chi connectivity index (χ1) is 8.49. The van der Waals surface area contributed by atoms with Crippen molar-refractivity contribution in [2.24, 2.45) is 5.92 Å². The van der Waals surface area contributed by atoms with E-state index in [1.165, 1.54) is 0 Å². The molecule has 1 N–H and O–H groups in total. The van der Waals surface area contributed by atoms with Crippen LogP contribution in [0.2, 0.25) is 0 Å². The molecule has 4 nitrogen and oxygen atoms in total. The highest BCUT2D eigenvalue weighted by Crippen LogP contribution is 2.19. The van der Waals surface area contributed by atoms with Crippen molar-refractivity contribution in [2.75, 3.05) is 0 Å². The molecule has 0 aliphatic carbocycles. The maximum Gasteiger partial charge on any atom is 0.335 e. The molecule has 0 saturated carbocycles. The summed E-state index contributed by atoms with van der Waals surface area (Å²) in [5.41, 5.74) is 2.09. The number of benzene rings is 1. The molecule has 0 aliphatic rings. The van der Waals surface area contributed by atoms with Gasteiger partial charge in [-0.25, -0.2) is 9.78 Å². The van der Waals surface area contributed by atoms with Crippen molar-refractivity contribution in [1.29, 1.82) is 0 Å². The van der Waals surface area contributed by atoms with E-state index in [1.807, 2.05) is 6.92 Å². The Morgan fingerprint density at radius 1 is 1.44 bits per heavy atom. The number of carbonyl (C=O) groups is 1. The summed E-state index contributed by atoms with van der Waals surface area (Å²) in [4.78, 5) is 15.5. The van der Waals surface area contributed by atoms with Gasteiger partial charge < -0.3 is 9.67 Å². The van der Waals surface area contributed by atoms with Gasteiger partial charge in [0, 0.05) is 6.54 Å². The minimum Gasteiger partial charge on any atom is -0.478 e. The molecular formula is C14H18N2O2. The first kappa shape index (κ1) is 12.6. The second kappa shape index (κ2) is 4.80. The molecule has 96 valence electrons. The van der Waals surface area contributed by atoms with Gasteiger partial charge in [0.2, 0.25) is 0 Å². The van der Waals surface area contributed by atoms with Gasteiger partial charge in [-0.15, -0.1) is 0 Å². The summed E-state index contributed by atoms with van der Waals surface area (Å²) in [6.45, 7) is 7.19. The van der Waals surface area contributed by atoms with Gasteiger partial charge in [-0.05, 0) is 37.5 Å².